The zero-order valence-corrected chi connectivity index (χ0v) is 10.9. The number of aliphatic carboxylic acids is 1. The molecule has 1 aliphatic rings. The molecule has 1 saturated heterocycles. The summed E-state index contributed by atoms with van der Waals surface area (Å²) in [5.74, 6) is -1.09. The predicted molar refractivity (Wildman–Crippen MR) is 66.9 cm³/mol. The molecule has 0 radical (unpaired) electrons. The number of rotatable bonds is 4. The van der Waals surface area contributed by atoms with Crippen molar-refractivity contribution in [1.82, 2.24) is 9.88 Å². The van der Waals surface area contributed by atoms with Crippen LogP contribution in [0, 0.1) is 6.92 Å². The third-order valence-electron chi connectivity index (χ3n) is 3.03. The predicted octanol–water partition coefficient (Wildman–Crippen LogP) is 0.706. The molecule has 0 bridgehead atoms. The summed E-state index contributed by atoms with van der Waals surface area (Å²) >= 11 is 0. The van der Waals surface area contributed by atoms with Crippen LogP contribution in [-0.2, 0) is 9.53 Å². The first-order valence-corrected chi connectivity index (χ1v) is 5.97. The van der Waals surface area contributed by atoms with E-state index in [1.807, 2.05) is 6.92 Å². The minimum Gasteiger partial charge on any atom is -0.480 e. The average molecular weight is 264 g/mol. The molecule has 0 saturated carbocycles. The van der Waals surface area contributed by atoms with Crippen LogP contribution in [0.15, 0.2) is 18.3 Å². The van der Waals surface area contributed by atoms with Gasteiger partial charge < -0.3 is 14.7 Å². The van der Waals surface area contributed by atoms with Crippen molar-refractivity contribution < 1.29 is 19.4 Å². The highest BCUT2D eigenvalue weighted by Gasteiger charge is 2.42. The first kappa shape index (κ1) is 13.5. The van der Waals surface area contributed by atoms with Gasteiger partial charge >= 0.3 is 5.97 Å². The van der Waals surface area contributed by atoms with Gasteiger partial charge in [-0.2, -0.15) is 0 Å². The summed E-state index contributed by atoms with van der Waals surface area (Å²) in [5, 5.41) is 8.57. The molecule has 6 nitrogen and oxygen atoms in total. The number of carboxylic acids is 1. The van der Waals surface area contributed by atoms with Crippen molar-refractivity contribution >= 4 is 11.9 Å². The number of nitrogens with zero attached hydrogens (tertiary/aromatic N) is 2. The molecule has 1 aromatic heterocycles. The van der Waals surface area contributed by atoms with E-state index < -0.39 is 11.6 Å². The molecule has 1 N–H and O–H groups in total. The molecule has 0 aliphatic carbocycles. The van der Waals surface area contributed by atoms with Gasteiger partial charge in [0, 0.05) is 17.5 Å². The molecule has 0 atom stereocenters. The highest BCUT2D eigenvalue weighted by molar-refractivity contribution is 5.95. The zero-order valence-electron chi connectivity index (χ0n) is 10.9. The number of aryl methyl sites for hydroxylation is 1. The van der Waals surface area contributed by atoms with Crippen molar-refractivity contribution in [3.8, 4) is 0 Å². The monoisotopic (exact) mass is 264 g/mol. The molecule has 0 aromatic carbocycles. The highest BCUT2D eigenvalue weighted by atomic mass is 16.5. The van der Waals surface area contributed by atoms with Gasteiger partial charge in [0.25, 0.3) is 5.91 Å². The molecule has 19 heavy (non-hydrogen) atoms. The number of hydrogen-bond donors (Lipinski definition) is 1. The smallest absolute Gasteiger partial charge is 0.329 e. The van der Waals surface area contributed by atoms with Crippen LogP contribution in [0.3, 0.4) is 0 Å². The summed E-state index contributed by atoms with van der Waals surface area (Å²) in [4.78, 5) is 28.3. The lowest BCUT2D eigenvalue weighted by atomic mass is 9.95. The van der Waals surface area contributed by atoms with E-state index in [0.717, 1.165) is 5.69 Å². The second-order valence-electron chi connectivity index (χ2n) is 4.98. The van der Waals surface area contributed by atoms with E-state index in [9.17, 15) is 9.59 Å². The highest BCUT2D eigenvalue weighted by Crippen LogP contribution is 2.26. The number of carbonyl (C=O) groups excluding carboxylic acids is 1. The second-order valence-corrected chi connectivity index (χ2v) is 4.98. The van der Waals surface area contributed by atoms with Crippen LogP contribution in [0.4, 0.5) is 0 Å². The number of amides is 1. The SMILES string of the molecule is Cc1cc(C(=O)N2CC(C)(OCC(=O)O)C2)ccn1. The molecule has 0 spiro atoms. The van der Waals surface area contributed by atoms with Gasteiger partial charge in [-0.15, -0.1) is 0 Å². The van der Waals surface area contributed by atoms with E-state index in [2.05, 4.69) is 4.98 Å². The average Bonchev–Trinajstić information content (AvgIpc) is 2.32. The van der Waals surface area contributed by atoms with Crippen molar-refractivity contribution in [2.45, 2.75) is 19.4 Å². The van der Waals surface area contributed by atoms with Gasteiger partial charge in [0.15, 0.2) is 0 Å². The zero-order chi connectivity index (χ0) is 14.0. The number of likely N-dealkylation sites (tertiary alicyclic amines) is 1. The summed E-state index contributed by atoms with van der Waals surface area (Å²) in [6, 6.07) is 3.40. The third kappa shape index (κ3) is 3.08. The van der Waals surface area contributed by atoms with E-state index >= 15 is 0 Å². The largest absolute Gasteiger partial charge is 0.480 e. The molecular weight excluding hydrogens is 248 g/mol. The minimum absolute atomic E-state index is 0.0816. The van der Waals surface area contributed by atoms with Crippen molar-refractivity contribution in [2.75, 3.05) is 19.7 Å². The van der Waals surface area contributed by atoms with Crippen LogP contribution < -0.4 is 0 Å². The first-order chi connectivity index (χ1) is 8.89. The Labute approximate surface area is 111 Å². The summed E-state index contributed by atoms with van der Waals surface area (Å²) in [7, 11) is 0. The molecule has 2 heterocycles. The van der Waals surface area contributed by atoms with Crippen LogP contribution in [-0.4, -0.2) is 52.2 Å². The normalized spacial score (nSPS) is 16.8. The number of carboxylic acid groups (broad SMARTS) is 1. The number of ether oxygens (including phenoxy) is 1. The Hall–Kier alpha value is -1.95. The fourth-order valence-corrected chi connectivity index (χ4v) is 2.09. The summed E-state index contributed by atoms with van der Waals surface area (Å²) in [6.45, 7) is 4.10. The Morgan fingerprint density at radius 2 is 2.21 bits per heavy atom. The van der Waals surface area contributed by atoms with Crippen molar-refractivity contribution in [2.24, 2.45) is 0 Å². The molecule has 2 rings (SSSR count). The third-order valence-corrected chi connectivity index (χ3v) is 3.03. The van der Waals surface area contributed by atoms with E-state index in [4.69, 9.17) is 9.84 Å². The first-order valence-electron chi connectivity index (χ1n) is 5.97. The lowest BCUT2D eigenvalue weighted by Gasteiger charge is -2.47. The molecule has 102 valence electrons. The Bertz CT molecular complexity index is 509. The Kier molecular flexibility index (Phi) is 3.53. The van der Waals surface area contributed by atoms with Crippen LogP contribution in [0.1, 0.15) is 23.0 Å². The minimum atomic E-state index is -1.00. The van der Waals surface area contributed by atoms with Crippen molar-refractivity contribution in [1.29, 1.82) is 0 Å². The quantitative estimate of drug-likeness (QED) is 0.866. The van der Waals surface area contributed by atoms with Crippen LogP contribution in [0.25, 0.3) is 0 Å². The summed E-state index contributed by atoms with van der Waals surface area (Å²) < 4.78 is 5.26. The maximum atomic E-state index is 12.1. The maximum Gasteiger partial charge on any atom is 0.329 e. The fraction of sp³-hybridized carbons (Fsp3) is 0.462. The lowest BCUT2D eigenvalue weighted by molar-refractivity contribution is -0.159. The summed E-state index contributed by atoms with van der Waals surface area (Å²) in [6.07, 6.45) is 1.60. The van der Waals surface area contributed by atoms with Crippen molar-refractivity contribution in [3.05, 3.63) is 29.6 Å². The van der Waals surface area contributed by atoms with Crippen LogP contribution in [0.5, 0.6) is 0 Å². The van der Waals surface area contributed by atoms with Crippen LogP contribution in [0.2, 0.25) is 0 Å². The van der Waals surface area contributed by atoms with E-state index in [-0.39, 0.29) is 12.5 Å². The van der Waals surface area contributed by atoms with Gasteiger partial charge in [-0.05, 0) is 26.0 Å². The van der Waals surface area contributed by atoms with E-state index in [0.29, 0.717) is 18.7 Å². The molecule has 1 amide bonds. The van der Waals surface area contributed by atoms with E-state index in [1.54, 1.807) is 30.2 Å². The van der Waals surface area contributed by atoms with Gasteiger partial charge in [0.05, 0.1) is 13.1 Å². The Balaban J connectivity index is 1.93. The van der Waals surface area contributed by atoms with Gasteiger partial charge in [0.2, 0.25) is 0 Å². The van der Waals surface area contributed by atoms with Crippen LogP contribution >= 0.6 is 0 Å². The second kappa shape index (κ2) is 4.97. The van der Waals surface area contributed by atoms with Gasteiger partial charge in [-0.1, -0.05) is 0 Å². The number of hydrogen-bond acceptors (Lipinski definition) is 4. The van der Waals surface area contributed by atoms with Crippen molar-refractivity contribution in [3.63, 3.8) is 0 Å². The molecule has 6 heteroatoms. The Morgan fingerprint density at radius 1 is 1.53 bits per heavy atom. The molecule has 1 aliphatic heterocycles. The number of aromatic nitrogens is 1. The maximum absolute atomic E-state index is 12.1. The van der Waals surface area contributed by atoms with Gasteiger partial charge in [-0.3, -0.25) is 9.78 Å². The lowest BCUT2D eigenvalue weighted by Crippen LogP contribution is -2.63. The van der Waals surface area contributed by atoms with Gasteiger partial charge in [0.1, 0.15) is 12.2 Å². The standard InChI is InChI=1S/C13H16N2O4/c1-9-5-10(3-4-14-9)12(18)15-7-13(2,8-15)19-6-11(16)17/h3-5H,6-8H2,1-2H3,(H,16,17). The number of pyridine rings is 1. The summed E-state index contributed by atoms with van der Waals surface area (Å²) in [5.41, 5.74) is 0.819. The topological polar surface area (TPSA) is 79.7 Å². The molecule has 0 unspecified atom stereocenters. The van der Waals surface area contributed by atoms with Gasteiger partial charge in [-0.25, -0.2) is 4.79 Å². The molecule has 1 fully saturated rings. The number of carbonyl (C=O) groups is 2. The fourth-order valence-electron chi connectivity index (χ4n) is 2.09. The van der Waals surface area contributed by atoms with E-state index in [1.165, 1.54) is 0 Å². The molecule has 1 aromatic rings. The Morgan fingerprint density at radius 3 is 2.79 bits per heavy atom. The molecular formula is C13H16N2O4.